The molecule has 4 rings (SSSR count). The Kier molecular flexibility index (Phi) is 7.38. The van der Waals surface area contributed by atoms with Gasteiger partial charge in [-0.2, -0.15) is 5.26 Å². The summed E-state index contributed by atoms with van der Waals surface area (Å²) < 4.78 is 4.73. The van der Waals surface area contributed by atoms with E-state index in [4.69, 9.17) is 22.1 Å². The van der Waals surface area contributed by atoms with Gasteiger partial charge < -0.3 is 15.8 Å². The molecule has 0 spiro atoms. The molecule has 1 fully saturated rings. The number of hydrogen-bond acceptors (Lipinski definition) is 7. The van der Waals surface area contributed by atoms with Crippen molar-refractivity contribution in [3.63, 3.8) is 0 Å². The summed E-state index contributed by atoms with van der Waals surface area (Å²) in [7, 11) is 1.23. The van der Waals surface area contributed by atoms with Crippen molar-refractivity contribution in [3.8, 4) is 6.07 Å². The van der Waals surface area contributed by atoms with E-state index in [2.05, 4.69) is 11.4 Å². The number of esters is 1. The van der Waals surface area contributed by atoms with E-state index in [1.165, 1.54) is 7.11 Å². The lowest BCUT2D eigenvalue weighted by Gasteiger charge is -2.32. The molecule has 0 radical (unpaired) electrons. The van der Waals surface area contributed by atoms with Crippen molar-refractivity contribution in [2.24, 2.45) is 5.73 Å². The van der Waals surface area contributed by atoms with Crippen LogP contribution in [0.2, 0.25) is 5.02 Å². The van der Waals surface area contributed by atoms with Gasteiger partial charge in [0.15, 0.2) is 0 Å². The molecule has 2 aliphatic heterocycles. The van der Waals surface area contributed by atoms with E-state index in [0.29, 0.717) is 16.3 Å². The fourth-order valence-corrected chi connectivity index (χ4v) is 5.76. The molecule has 0 aliphatic carbocycles. The van der Waals surface area contributed by atoms with Crippen LogP contribution in [0, 0.1) is 11.3 Å². The van der Waals surface area contributed by atoms with Crippen LogP contribution in [-0.4, -0.2) is 35.0 Å². The second-order valence-corrected chi connectivity index (χ2v) is 9.75. The molecule has 0 saturated carbocycles. The van der Waals surface area contributed by atoms with Gasteiger partial charge in [-0.1, -0.05) is 60.6 Å². The predicted molar refractivity (Wildman–Crippen MR) is 137 cm³/mol. The number of halogens is 1. The normalized spacial score (nSPS) is 19.2. The monoisotopic (exact) mass is 522 g/mol. The molecule has 184 valence electrons. The summed E-state index contributed by atoms with van der Waals surface area (Å²) in [6.45, 7) is 2.03. The first-order chi connectivity index (χ1) is 17.3. The van der Waals surface area contributed by atoms with Gasteiger partial charge in [-0.3, -0.25) is 19.3 Å². The van der Waals surface area contributed by atoms with Gasteiger partial charge in [-0.15, -0.1) is 0 Å². The number of nitrogens with two attached hydrogens (primary N) is 1. The summed E-state index contributed by atoms with van der Waals surface area (Å²) in [5, 5.41) is 12.7. The first-order valence-electron chi connectivity index (χ1n) is 11.2. The summed E-state index contributed by atoms with van der Waals surface area (Å²) in [5.74, 6) is -2.59. The lowest BCUT2D eigenvalue weighted by Crippen LogP contribution is -2.39. The van der Waals surface area contributed by atoms with Gasteiger partial charge in [0.2, 0.25) is 5.91 Å². The Morgan fingerprint density at radius 1 is 1.22 bits per heavy atom. The van der Waals surface area contributed by atoms with Gasteiger partial charge in [0.05, 0.1) is 41.7 Å². The molecule has 8 nitrogen and oxygen atoms in total. The first kappa shape index (κ1) is 25.4. The number of methoxy groups -OCH3 is 1. The third-order valence-corrected chi connectivity index (χ3v) is 7.68. The molecule has 10 heteroatoms. The molecule has 2 aromatic rings. The maximum atomic E-state index is 13.8. The van der Waals surface area contributed by atoms with E-state index >= 15 is 0 Å². The molecule has 2 amide bonds. The van der Waals surface area contributed by atoms with E-state index in [-0.39, 0.29) is 28.4 Å². The third-order valence-electron chi connectivity index (χ3n) is 6.06. The van der Waals surface area contributed by atoms with Crippen molar-refractivity contribution in [2.45, 2.75) is 30.9 Å². The number of ether oxygens (including phenoxy) is 1. The summed E-state index contributed by atoms with van der Waals surface area (Å²) in [6.07, 6.45) is 0.641. The molecule has 0 aromatic heterocycles. The lowest BCUT2D eigenvalue weighted by molar-refractivity contribution is -0.142. The van der Waals surface area contributed by atoms with Crippen molar-refractivity contribution in [1.29, 1.82) is 5.26 Å². The van der Waals surface area contributed by atoms with Gasteiger partial charge in [-0.05, 0) is 35.7 Å². The van der Waals surface area contributed by atoms with Crippen molar-refractivity contribution >= 4 is 46.8 Å². The number of carbonyl (C=O) groups excluding carboxylic acids is 3. The fraction of sp³-hybridized carbons (Fsp3) is 0.231. The number of carbonyl (C=O) groups is 3. The zero-order chi connectivity index (χ0) is 26.0. The minimum absolute atomic E-state index is 0.0194. The zero-order valence-electron chi connectivity index (χ0n) is 19.6. The largest absolute Gasteiger partial charge is 0.469 e. The number of anilines is 1. The number of allylic oxidation sites excluding steroid dienone is 1. The maximum Gasteiger partial charge on any atom is 0.307 e. The van der Waals surface area contributed by atoms with Gasteiger partial charge >= 0.3 is 5.97 Å². The molecule has 2 aliphatic rings. The Labute approximate surface area is 217 Å². The standard InChI is InChI=1S/C26H23ClN4O4S/c1-3-14-8-10-15(11-9-14)30-24(33)22-21(16-6-4-5-7-18(16)27)17(13-28)23(29)31-25(34)19(36-26(22)31)12-20(32)35-2/h4-11,19,21H,3,12,29H2,1-2H3,(H,30,33)/t19-,21+/m0/s1. The molecular formula is C26H23ClN4O4S. The summed E-state index contributed by atoms with van der Waals surface area (Å²) in [6, 6.07) is 16.3. The van der Waals surface area contributed by atoms with E-state index in [1.54, 1.807) is 36.4 Å². The number of nitriles is 1. The topological polar surface area (TPSA) is 126 Å². The van der Waals surface area contributed by atoms with Gasteiger partial charge in [0.25, 0.3) is 5.91 Å². The number of benzene rings is 2. The van der Waals surface area contributed by atoms with Gasteiger partial charge in [-0.25, -0.2) is 0 Å². The summed E-state index contributed by atoms with van der Waals surface area (Å²) in [4.78, 5) is 40.1. The number of hydrogen-bond donors (Lipinski definition) is 2. The Balaban J connectivity index is 1.86. The van der Waals surface area contributed by atoms with Gasteiger partial charge in [0, 0.05) is 10.7 Å². The average molecular weight is 523 g/mol. The number of nitrogens with zero attached hydrogens (tertiary/aromatic N) is 2. The highest BCUT2D eigenvalue weighted by atomic mass is 35.5. The number of thioether (sulfide) groups is 1. The van der Waals surface area contributed by atoms with Crippen LogP contribution in [0.25, 0.3) is 0 Å². The predicted octanol–water partition coefficient (Wildman–Crippen LogP) is 4.05. The van der Waals surface area contributed by atoms with E-state index in [9.17, 15) is 19.6 Å². The van der Waals surface area contributed by atoms with Gasteiger partial charge in [0.1, 0.15) is 11.1 Å². The van der Waals surface area contributed by atoms with E-state index < -0.39 is 29.0 Å². The maximum absolute atomic E-state index is 13.8. The molecule has 36 heavy (non-hydrogen) atoms. The average Bonchev–Trinajstić information content (AvgIpc) is 3.20. The van der Waals surface area contributed by atoms with Crippen molar-refractivity contribution < 1.29 is 19.1 Å². The number of nitrogens with one attached hydrogen (secondary N) is 1. The molecular weight excluding hydrogens is 500 g/mol. The minimum atomic E-state index is -0.915. The molecule has 3 N–H and O–H groups in total. The lowest BCUT2D eigenvalue weighted by atomic mass is 9.82. The smallest absolute Gasteiger partial charge is 0.307 e. The van der Waals surface area contributed by atoms with Crippen LogP contribution < -0.4 is 11.1 Å². The Hall–Kier alpha value is -3.74. The van der Waals surface area contributed by atoms with Crippen LogP contribution in [0.5, 0.6) is 0 Å². The number of fused-ring (bicyclic) bond motifs is 1. The first-order valence-corrected chi connectivity index (χ1v) is 12.4. The zero-order valence-corrected chi connectivity index (χ0v) is 21.2. The second kappa shape index (κ2) is 10.5. The number of amides is 2. The van der Waals surface area contributed by atoms with E-state index in [0.717, 1.165) is 28.6 Å². The number of rotatable bonds is 6. The second-order valence-electron chi connectivity index (χ2n) is 8.15. The summed E-state index contributed by atoms with van der Waals surface area (Å²) in [5.41, 5.74) is 8.67. The van der Waals surface area contributed by atoms with Crippen molar-refractivity contribution in [3.05, 3.63) is 86.7 Å². The van der Waals surface area contributed by atoms with Crippen LogP contribution in [0.1, 0.15) is 30.4 Å². The fourth-order valence-electron chi connectivity index (χ4n) is 4.19. The molecule has 0 bridgehead atoms. The quantitative estimate of drug-likeness (QED) is 0.548. The van der Waals surface area contributed by atoms with Crippen molar-refractivity contribution in [1.82, 2.24) is 4.90 Å². The SMILES string of the molecule is CCc1ccc(NC(=O)C2=C3S[C@@H](CC(=O)OC)C(=O)N3C(N)=C(C#N)[C@H]2c2ccccc2Cl)cc1. The van der Waals surface area contributed by atoms with Crippen LogP contribution in [0.3, 0.4) is 0 Å². The molecule has 2 heterocycles. The van der Waals surface area contributed by atoms with Crippen molar-refractivity contribution in [2.75, 3.05) is 12.4 Å². The Morgan fingerprint density at radius 2 is 1.92 bits per heavy atom. The Morgan fingerprint density at radius 3 is 2.53 bits per heavy atom. The van der Waals surface area contributed by atoms with Crippen LogP contribution in [-0.2, 0) is 25.5 Å². The highest BCUT2D eigenvalue weighted by molar-refractivity contribution is 8.04. The third kappa shape index (κ3) is 4.57. The number of aryl methyl sites for hydroxylation is 1. The van der Waals surface area contributed by atoms with Crippen LogP contribution in [0.15, 0.2) is 70.5 Å². The summed E-state index contributed by atoms with van der Waals surface area (Å²) >= 11 is 7.55. The highest BCUT2D eigenvalue weighted by Gasteiger charge is 2.48. The minimum Gasteiger partial charge on any atom is -0.469 e. The van der Waals surface area contributed by atoms with E-state index in [1.807, 2.05) is 19.1 Å². The van der Waals surface area contributed by atoms with Crippen LogP contribution in [0.4, 0.5) is 5.69 Å². The Bertz CT molecular complexity index is 1350. The molecule has 0 unspecified atom stereocenters. The molecule has 2 atom stereocenters. The molecule has 2 aromatic carbocycles. The molecule has 1 saturated heterocycles. The van der Waals surface area contributed by atoms with Crippen LogP contribution >= 0.6 is 23.4 Å². The highest BCUT2D eigenvalue weighted by Crippen LogP contribution is 2.50.